The number of ether oxygens (including phenoxy) is 2. The third-order valence-corrected chi connectivity index (χ3v) is 7.87. The molecule has 8 nitrogen and oxygen atoms in total. The second kappa shape index (κ2) is 9.32. The number of piperazine rings is 1. The normalized spacial score (nSPS) is 21.8. The molecule has 2 fully saturated rings. The fourth-order valence-electron chi connectivity index (χ4n) is 4.14. The van der Waals surface area contributed by atoms with E-state index in [1.807, 2.05) is 4.90 Å². The minimum atomic E-state index is -3.71. The fourth-order valence-corrected chi connectivity index (χ4v) is 5.68. The molecular weight excluding hydrogens is 394 g/mol. The number of hydrogen-bond acceptors (Lipinski definition) is 5. The standard InChI is InChI=1S/C20H31N3O5S/c1-4-21-10-12-22(13-11-21)20(24)16-6-5-9-23(15-16)29(25,26)17-7-8-18(27-2)19(14-17)28-3/h7-8,14,16H,4-6,9-13,15H2,1-3H3/p+1/t16-/m1/s1. The summed E-state index contributed by atoms with van der Waals surface area (Å²) in [6.07, 6.45) is 1.42. The van der Waals surface area contributed by atoms with Gasteiger partial charge in [-0.15, -0.1) is 0 Å². The van der Waals surface area contributed by atoms with Gasteiger partial charge in [0.05, 0.1) is 57.8 Å². The Kier molecular flexibility index (Phi) is 7.02. The molecule has 2 heterocycles. The minimum Gasteiger partial charge on any atom is -0.493 e. The Hall–Kier alpha value is -1.84. The van der Waals surface area contributed by atoms with Crippen molar-refractivity contribution in [3.8, 4) is 11.5 Å². The van der Waals surface area contributed by atoms with Gasteiger partial charge in [0.2, 0.25) is 15.9 Å². The number of sulfonamides is 1. The molecule has 1 N–H and O–H groups in total. The lowest BCUT2D eigenvalue weighted by Gasteiger charge is -2.37. The molecule has 0 aromatic heterocycles. The summed E-state index contributed by atoms with van der Waals surface area (Å²) < 4.78 is 38.2. The molecule has 2 aliphatic heterocycles. The molecule has 3 rings (SSSR count). The SMILES string of the molecule is CC[NH+]1CCN(C(=O)[C@@H]2CCCN(S(=O)(=O)c3ccc(OC)c(OC)c3)C2)CC1. The van der Waals surface area contributed by atoms with Gasteiger partial charge in [0.1, 0.15) is 0 Å². The van der Waals surface area contributed by atoms with Gasteiger partial charge >= 0.3 is 0 Å². The number of likely N-dealkylation sites (N-methyl/N-ethyl adjacent to an activating group) is 1. The highest BCUT2D eigenvalue weighted by molar-refractivity contribution is 7.89. The number of hydrogen-bond donors (Lipinski definition) is 1. The average Bonchev–Trinajstić information content (AvgIpc) is 2.78. The van der Waals surface area contributed by atoms with Gasteiger partial charge in [-0.3, -0.25) is 4.79 Å². The first-order valence-corrected chi connectivity index (χ1v) is 11.7. The van der Waals surface area contributed by atoms with Crippen molar-refractivity contribution in [3.05, 3.63) is 18.2 Å². The zero-order chi connectivity index (χ0) is 21.0. The number of piperidine rings is 1. The quantitative estimate of drug-likeness (QED) is 0.685. The van der Waals surface area contributed by atoms with E-state index in [1.165, 1.54) is 35.6 Å². The lowest BCUT2D eigenvalue weighted by atomic mass is 9.98. The molecule has 2 saturated heterocycles. The molecule has 0 spiro atoms. The Labute approximate surface area is 173 Å². The van der Waals surface area contributed by atoms with Gasteiger partial charge < -0.3 is 19.3 Å². The summed E-state index contributed by atoms with van der Waals surface area (Å²) in [5.41, 5.74) is 0. The Morgan fingerprint density at radius 2 is 1.83 bits per heavy atom. The van der Waals surface area contributed by atoms with E-state index in [0.29, 0.717) is 24.5 Å². The molecule has 0 radical (unpaired) electrons. The molecule has 2 aliphatic rings. The van der Waals surface area contributed by atoms with Gasteiger partial charge in [-0.1, -0.05) is 0 Å². The summed E-state index contributed by atoms with van der Waals surface area (Å²) in [5.74, 6) is 0.662. The molecule has 0 bridgehead atoms. The van der Waals surface area contributed by atoms with Crippen LogP contribution in [-0.4, -0.2) is 83.6 Å². The van der Waals surface area contributed by atoms with Crippen LogP contribution in [0.15, 0.2) is 23.1 Å². The predicted molar refractivity (Wildman–Crippen MR) is 109 cm³/mol. The summed E-state index contributed by atoms with van der Waals surface area (Å²) in [7, 11) is -0.722. The molecule has 0 saturated carbocycles. The second-order valence-corrected chi connectivity index (χ2v) is 9.59. The highest BCUT2D eigenvalue weighted by Crippen LogP contribution is 2.32. The topological polar surface area (TPSA) is 80.6 Å². The molecule has 1 aromatic rings. The number of carbonyl (C=O) groups is 1. The second-order valence-electron chi connectivity index (χ2n) is 7.65. The van der Waals surface area contributed by atoms with Crippen molar-refractivity contribution in [1.82, 2.24) is 9.21 Å². The zero-order valence-corrected chi connectivity index (χ0v) is 18.3. The summed E-state index contributed by atoms with van der Waals surface area (Å²) in [4.78, 5) is 16.6. The molecule has 162 valence electrons. The first kappa shape index (κ1) is 21.9. The molecule has 1 atom stereocenters. The fraction of sp³-hybridized carbons (Fsp3) is 0.650. The third kappa shape index (κ3) is 4.67. The number of amides is 1. The van der Waals surface area contributed by atoms with Crippen LogP contribution in [0.4, 0.5) is 0 Å². The van der Waals surface area contributed by atoms with E-state index in [0.717, 1.165) is 39.1 Å². The maximum absolute atomic E-state index is 13.2. The monoisotopic (exact) mass is 426 g/mol. The van der Waals surface area contributed by atoms with Gasteiger partial charge in [-0.2, -0.15) is 4.31 Å². The van der Waals surface area contributed by atoms with Crippen LogP contribution in [0.3, 0.4) is 0 Å². The lowest BCUT2D eigenvalue weighted by molar-refractivity contribution is -0.902. The smallest absolute Gasteiger partial charge is 0.243 e. The zero-order valence-electron chi connectivity index (χ0n) is 17.5. The summed E-state index contributed by atoms with van der Waals surface area (Å²) >= 11 is 0. The number of benzene rings is 1. The van der Waals surface area contributed by atoms with Crippen LogP contribution in [-0.2, 0) is 14.8 Å². The predicted octanol–water partition coefficient (Wildman–Crippen LogP) is -0.148. The van der Waals surface area contributed by atoms with E-state index >= 15 is 0 Å². The molecular formula is C20H32N3O5S+. The van der Waals surface area contributed by atoms with Crippen LogP contribution < -0.4 is 14.4 Å². The van der Waals surface area contributed by atoms with Crippen molar-refractivity contribution in [2.75, 3.05) is 60.0 Å². The van der Waals surface area contributed by atoms with Crippen molar-refractivity contribution in [3.63, 3.8) is 0 Å². The summed E-state index contributed by atoms with van der Waals surface area (Å²) in [6, 6.07) is 4.59. The number of quaternary nitrogens is 1. The van der Waals surface area contributed by atoms with Crippen molar-refractivity contribution < 1.29 is 27.6 Å². The van der Waals surface area contributed by atoms with E-state index in [2.05, 4.69) is 6.92 Å². The van der Waals surface area contributed by atoms with Crippen molar-refractivity contribution >= 4 is 15.9 Å². The molecule has 9 heteroatoms. The van der Waals surface area contributed by atoms with Gasteiger partial charge in [0.25, 0.3) is 0 Å². The molecule has 29 heavy (non-hydrogen) atoms. The minimum absolute atomic E-state index is 0.0902. The van der Waals surface area contributed by atoms with E-state index in [9.17, 15) is 13.2 Å². The average molecular weight is 427 g/mol. The Morgan fingerprint density at radius 1 is 1.14 bits per heavy atom. The lowest BCUT2D eigenvalue weighted by Crippen LogP contribution is -3.14. The van der Waals surface area contributed by atoms with Gasteiger partial charge in [0, 0.05) is 19.2 Å². The summed E-state index contributed by atoms with van der Waals surface area (Å²) in [5, 5.41) is 0. The molecule has 0 unspecified atom stereocenters. The largest absolute Gasteiger partial charge is 0.493 e. The first-order chi connectivity index (χ1) is 13.9. The van der Waals surface area contributed by atoms with E-state index in [1.54, 1.807) is 6.07 Å². The van der Waals surface area contributed by atoms with Crippen molar-refractivity contribution in [1.29, 1.82) is 0 Å². The first-order valence-electron chi connectivity index (χ1n) is 10.2. The van der Waals surface area contributed by atoms with Crippen molar-refractivity contribution in [2.45, 2.75) is 24.7 Å². The van der Waals surface area contributed by atoms with Gasteiger partial charge in [-0.05, 0) is 31.9 Å². The number of carbonyl (C=O) groups excluding carboxylic acids is 1. The molecule has 1 amide bonds. The summed E-state index contributed by atoms with van der Waals surface area (Å²) in [6.45, 7) is 7.31. The number of methoxy groups -OCH3 is 2. The Balaban J connectivity index is 1.72. The van der Waals surface area contributed by atoms with Crippen LogP contribution in [0.1, 0.15) is 19.8 Å². The number of nitrogens with zero attached hydrogens (tertiary/aromatic N) is 2. The van der Waals surface area contributed by atoms with Crippen LogP contribution in [0, 0.1) is 5.92 Å². The van der Waals surface area contributed by atoms with Crippen LogP contribution in [0.5, 0.6) is 11.5 Å². The molecule has 1 aromatic carbocycles. The van der Waals surface area contributed by atoms with Crippen LogP contribution in [0.2, 0.25) is 0 Å². The van der Waals surface area contributed by atoms with Gasteiger partial charge in [0.15, 0.2) is 11.5 Å². The molecule has 0 aliphatic carbocycles. The number of rotatable bonds is 6. The van der Waals surface area contributed by atoms with E-state index in [4.69, 9.17) is 9.47 Å². The maximum atomic E-state index is 13.2. The Morgan fingerprint density at radius 3 is 2.45 bits per heavy atom. The highest BCUT2D eigenvalue weighted by Gasteiger charge is 2.36. The third-order valence-electron chi connectivity index (χ3n) is 6.01. The Bertz CT molecular complexity index is 821. The van der Waals surface area contributed by atoms with E-state index in [-0.39, 0.29) is 23.3 Å². The number of nitrogens with one attached hydrogen (secondary N) is 1. The maximum Gasteiger partial charge on any atom is 0.243 e. The van der Waals surface area contributed by atoms with Gasteiger partial charge in [-0.25, -0.2) is 8.42 Å². The van der Waals surface area contributed by atoms with E-state index < -0.39 is 10.0 Å². The van der Waals surface area contributed by atoms with Crippen LogP contribution in [0.25, 0.3) is 0 Å². The highest BCUT2D eigenvalue weighted by atomic mass is 32.2. The van der Waals surface area contributed by atoms with Crippen molar-refractivity contribution in [2.24, 2.45) is 5.92 Å². The van der Waals surface area contributed by atoms with Crippen LogP contribution >= 0.6 is 0 Å².